The Labute approximate surface area is 167 Å². The van der Waals surface area contributed by atoms with Crippen LogP contribution in [0.15, 0.2) is 29.2 Å². The topological polar surface area (TPSA) is 151 Å². The second-order valence-electron chi connectivity index (χ2n) is 5.48. The largest absolute Gasteiger partial charge is 0.493 e. The lowest BCUT2D eigenvalue weighted by Gasteiger charge is -2.13. The van der Waals surface area contributed by atoms with E-state index in [0.29, 0.717) is 5.56 Å². The van der Waals surface area contributed by atoms with E-state index in [1.807, 2.05) is 6.07 Å². The first-order valence-electron chi connectivity index (χ1n) is 7.79. The lowest BCUT2D eigenvalue weighted by Crippen LogP contribution is -2.16. The van der Waals surface area contributed by atoms with Crippen molar-refractivity contribution >= 4 is 17.4 Å². The van der Waals surface area contributed by atoms with Gasteiger partial charge in [0.15, 0.2) is 11.5 Å². The molecule has 2 aromatic heterocycles. The number of nitrogens with one attached hydrogen (secondary N) is 1. The maximum atomic E-state index is 13.8. The van der Waals surface area contributed by atoms with E-state index in [0.717, 1.165) is 6.20 Å². The number of H-pyrrole nitrogens is 1. The highest BCUT2D eigenvalue weighted by molar-refractivity contribution is 6.28. The molecule has 3 N–H and O–H groups in total. The lowest BCUT2D eigenvalue weighted by atomic mass is 9.96. The SMILES string of the molecule is COc1cc(-c2c(C#N)c(N)[nH]c(=O)c2C#N)ccc1Oc1nc(Cl)ncc1F. The number of methoxy groups -OCH3 is 1. The van der Waals surface area contributed by atoms with Gasteiger partial charge in [0, 0.05) is 5.56 Å². The molecule has 0 atom stereocenters. The van der Waals surface area contributed by atoms with Crippen molar-refractivity contribution in [2.24, 2.45) is 0 Å². The van der Waals surface area contributed by atoms with Gasteiger partial charge in [0.05, 0.1) is 13.3 Å². The quantitative estimate of drug-likeness (QED) is 0.620. The average molecular weight is 413 g/mol. The third-order valence-electron chi connectivity index (χ3n) is 3.81. The van der Waals surface area contributed by atoms with Gasteiger partial charge in [0.2, 0.25) is 11.1 Å². The van der Waals surface area contributed by atoms with Crippen LogP contribution in [0.4, 0.5) is 10.2 Å². The van der Waals surface area contributed by atoms with Crippen LogP contribution in [0.2, 0.25) is 5.28 Å². The summed E-state index contributed by atoms with van der Waals surface area (Å²) < 4.78 is 24.5. The van der Waals surface area contributed by atoms with Crippen LogP contribution >= 0.6 is 11.6 Å². The predicted molar refractivity (Wildman–Crippen MR) is 100.0 cm³/mol. The molecule has 0 aliphatic heterocycles. The van der Waals surface area contributed by atoms with E-state index in [1.54, 1.807) is 6.07 Å². The molecular weight excluding hydrogens is 403 g/mol. The molecule has 0 spiro atoms. The zero-order valence-electron chi connectivity index (χ0n) is 14.7. The fourth-order valence-corrected chi connectivity index (χ4v) is 2.67. The number of nitrogens with two attached hydrogens (primary N) is 1. The standard InChI is InChI=1S/C18H10ClFN6O3/c1-28-13-4-8(14-9(5-21)15(23)25-16(27)10(14)6-22)2-3-12(13)29-17-11(20)7-24-18(19)26-17/h2-4,7H,1H3,(H3,23,25,27). The molecule has 0 bridgehead atoms. The number of nitrogens with zero attached hydrogens (tertiary/aromatic N) is 4. The van der Waals surface area contributed by atoms with Crippen molar-refractivity contribution in [2.75, 3.05) is 12.8 Å². The molecule has 3 rings (SSSR count). The van der Waals surface area contributed by atoms with Gasteiger partial charge in [-0.2, -0.15) is 19.9 Å². The summed E-state index contributed by atoms with van der Waals surface area (Å²) in [5.41, 5.74) is 4.94. The molecule has 9 nitrogen and oxygen atoms in total. The van der Waals surface area contributed by atoms with E-state index < -0.39 is 17.3 Å². The molecule has 0 saturated carbocycles. The third kappa shape index (κ3) is 3.65. The molecule has 0 amide bonds. The summed E-state index contributed by atoms with van der Waals surface area (Å²) in [6, 6.07) is 7.89. The molecule has 0 unspecified atom stereocenters. The van der Waals surface area contributed by atoms with Gasteiger partial charge in [-0.15, -0.1) is 0 Å². The van der Waals surface area contributed by atoms with Gasteiger partial charge in [-0.3, -0.25) is 4.79 Å². The number of halogens is 2. The van der Waals surface area contributed by atoms with Crippen LogP contribution in [-0.4, -0.2) is 22.1 Å². The van der Waals surface area contributed by atoms with Gasteiger partial charge in [0.1, 0.15) is 29.1 Å². The molecule has 1 aromatic carbocycles. The van der Waals surface area contributed by atoms with Crippen LogP contribution in [0.5, 0.6) is 17.4 Å². The number of aromatic nitrogens is 3. The number of aromatic amines is 1. The maximum Gasteiger partial charge on any atom is 0.268 e. The molecule has 0 aliphatic rings. The maximum absolute atomic E-state index is 13.8. The number of benzene rings is 1. The molecule has 0 radical (unpaired) electrons. The Morgan fingerprint density at radius 1 is 1.24 bits per heavy atom. The van der Waals surface area contributed by atoms with Gasteiger partial charge in [-0.25, -0.2) is 4.98 Å². The van der Waals surface area contributed by atoms with Crippen LogP contribution in [0, 0.1) is 28.5 Å². The number of rotatable bonds is 4. The van der Waals surface area contributed by atoms with E-state index in [4.69, 9.17) is 26.8 Å². The van der Waals surface area contributed by atoms with Crippen LogP contribution in [0.25, 0.3) is 11.1 Å². The fourth-order valence-electron chi connectivity index (χ4n) is 2.55. The van der Waals surface area contributed by atoms with Crippen LogP contribution in [0.3, 0.4) is 0 Å². The van der Waals surface area contributed by atoms with E-state index in [9.17, 15) is 19.7 Å². The van der Waals surface area contributed by atoms with Crippen molar-refractivity contribution in [3.8, 4) is 40.6 Å². The molecule has 0 saturated heterocycles. The minimum Gasteiger partial charge on any atom is -0.493 e. The van der Waals surface area contributed by atoms with Gasteiger partial charge >= 0.3 is 0 Å². The summed E-state index contributed by atoms with van der Waals surface area (Å²) in [5.74, 6) is -1.26. The molecule has 0 fully saturated rings. The minimum atomic E-state index is -0.846. The molecule has 3 aromatic rings. The molecule has 0 aliphatic carbocycles. The fraction of sp³-hybridized carbons (Fsp3) is 0.0556. The van der Waals surface area contributed by atoms with Gasteiger partial charge in [-0.1, -0.05) is 6.07 Å². The van der Waals surface area contributed by atoms with Crippen molar-refractivity contribution < 1.29 is 13.9 Å². The van der Waals surface area contributed by atoms with Crippen LogP contribution < -0.4 is 20.8 Å². The number of hydrogen-bond acceptors (Lipinski definition) is 8. The number of nitriles is 2. The number of pyridine rings is 1. The first kappa shape index (κ1) is 19.6. The normalized spacial score (nSPS) is 10.1. The van der Waals surface area contributed by atoms with Crippen LogP contribution in [-0.2, 0) is 0 Å². The highest BCUT2D eigenvalue weighted by atomic mass is 35.5. The second-order valence-corrected chi connectivity index (χ2v) is 5.81. The van der Waals surface area contributed by atoms with Crippen molar-refractivity contribution in [3.63, 3.8) is 0 Å². The Bertz CT molecular complexity index is 1260. The van der Waals surface area contributed by atoms with Crippen molar-refractivity contribution in [3.05, 3.63) is 57.0 Å². The molecular formula is C18H10ClFN6O3. The monoisotopic (exact) mass is 412 g/mol. The van der Waals surface area contributed by atoms with Gasteiger partial charge < -0.3 is 20.2 Å². The van der Waals surface area contributed by atoms with E-state index in [-0.39, 0.29) is 39.3 Å². The van der Waals surface area contributed by atoms with E-state index in [2.05, 4.69) is 15.0 Å². The van der Waals surface area contributed by atoms with Gasteiger partial charge in [0.25, 0.3) is 11.4 Å². The Morgan fingerprint density at radius 2 is 1.97 bits per heavy atom. The zero-order valence-corrected chi connectivity index (χ0v) is 15.4. The molecule has 11 heteroatoms. The smallest absolute Gasteiger partial charge is 0.268 e. The van der Waals surface area contributed by atoms with Crippen molar-refractivity contribution in [1.29, 1.82) is 10.5 Å². The first-order valence-corrected chi connectivity index (χ1v) is 8.17. The third-order valence-corrected chi connectivity index (χ3v) is 3.99. The highest BCUT2D eigenvalue weighted by Crippen LogP contribution is 2.37. The number of anilines is 1. The van der Waals surface area contributed by atoms with Crippen LogP contribution in [0.1, 0.15) is 11.1 Å². The molecule has 144 valence electrons. The van der Waals surface area contributed by atoms with Crippen molar-refractivity contribution in [2.45, 2.75) is 0 Å². The zero-order chi connectivity index (χ0) is 21.1. The summed E-state index contributed by atoms with van der Waals surface area (Å²) in [4.78, 5) is 21.5. The number of hydrogen-bond donors (Lipinski definition) is 2. The highest BCUT2D eigenvalue weighted by Gasteiger charge is 2.20. The summed E-state index contributed by atoms with van der Waals surface area (Å²) in [6.45, 7) is 0. The average Bonchev–Trinajstić information content (AvgIpc) is 2.70. The van der Waals surface area contributed by atoms with E-state index in [1.165, 1.54) is 25.3 Å². The predicted octanol–water partition coefficient (Wildman–Crippen LogP) is 2.75. The molecule has 29 heavy (non-hydrogen) atoms. The van der Waals surface area contributed by atoms with E-state index >= 15 is 0 Å². The summed E-state index contributed by atoms with van der Waals surface area (Å²) in [6.07, 6.45) is 0.850. The lowest BCUT2D eigenvalue weighted by molar-refractivity contribution is 0.363. The summed E-state index contributed by atoms with van der Waals surface area (Å²) in [7, 11) is 1.33. The molecule has 2 heterocycles. The Morgan fingerprint density at radius 3 is 2.62 bits per heavy atom. The Balaban J connectivity index is 2.16. The number of ether oxygens (including phenoxy) is 2. The summed E-state index contributed by atoms with van der Waals surface area (Å²) in [5, 5.41) is 18.6. The first-order chi connectivity index (χ1) is 13.9. The summed E-state index contributed by atoms with van der Waals surface area (Å²) >= 11 is 5.65. The van der Waals surface area contributed by atoms with Crippen molar-refractivity contribution in [1.82, 2.24) is 15.0 Å². The number of nitrogen functional groups attached to an aromatic ring is 1. The Kier molecular flexibility index (Phi) is 5.30. The second kappa shape index (κ2) is 7.84. The minimum absolute atomic E-state index is 0.0392. The van der Waals surface area contributed by atoms with Gasteiger partial charge in [-0.05, 0) is 29.3 Å². The Hall–Kier alpha value is -4.15.